The predicted octanol–water partition coefficient (Wildman–Crippen LogP) is 3.44. The van der Waals surface area contributed by atoms with Crippen LogP contribution in [0.4, 0.5) is 0 Å². The number of nitrogens with one attached hydrogen (secondary N) is 2. The molecule has 1 rings (SSSR count). The molecule has 1 amide bonds. The van der Waals surface area contributed by atoms with Gasteiger partial charge in [-0.2, -0.15) is 0 Å². The van der Waals surface area contributed by atoms with E-state index < -0.39 is 5.60 Å². The van der Waals surface area contributed by atoms with Crippen molar-refractivity contribution in [2.24, 2.45) is 4.99 Å². The summed E-state index contributed by atoms with van der Waals surface area (Å²) >= 11 is 0. The molecule has 0 unspecified atom stereocenters. The van der Waals surface area contributed by atoms with Crippen LogP contribution in [0.25, 0.3) is 0 Å². The van der Waals surface area contributed by atoms with E-state index in [1.807, 2.05) is 31.2 Å². The molecule has 1 aromatic carbocycles. The van der Waals surface area contributed by atoms with Crippen molar-refractivity contribution in [1.82, 2.24) is 15.5 Å². The maximum absolute atomic E-state index is 12.1. The number of halogens is 1. The minimum Gasteiger partial charge on any atom is -0.388 e. The summed E-state index contributed by atoms with van der Waals surface area (Å²) < 4.78 is 0. The average molecular weight is 518 g/mol. The highest BCUT2D eigenvalue weighted by atomic mass is 127. The van der Waals surface area contributed by atoms with Gasteiger partial charge < -0.3 is 20.6 Å². The zero-order valence-electron chi connectivity index (χ0n) is 18.6. The molecule has 166 valence electrons. The van der Waals surface area contributed by atoms with E-state index in [4.69, 9.17) is 0 Å². The molecule has 0 saturated heterocycles. The van der Waals surface area contributed by atoms with E-state index in [0.29, 0.717) is 24.6 Å². The molecule has 0 atom stereocenters. The van der Waals surface area contributed by atoms with Gasteiger partial charge in [0.2, 0.25) is 0 Å². The van der Waals surface area contributed by atoms with Gasteiger partial charge in [-0.1, -0.05) is 38.8 Å². The van der Waals surface area contributed by atoms with Crippen LogP contribution in [0.5, 0.6) is 0 Å². The van der Waals surface area contributed by atoms with E-state index in [9.17, 15) is 9.90 Å². The summed E-state index contributed by atoms with van der Waals surface area (Å²) in [5, 5.41) is 17.3. The zero-order valence-corrected chi connectivity index (χ0v) is 21.0. The lowest BCUT2D eigenvalue weighted by molar-refractivity contribution is 0.0306. The average Bonchev–Trinajstić information content (AvgIpc) is 2.66. The van der Waals surface area contributed by atoms with Gasteiger partial charge >= 0.3 is 0 Å². The molecule has 0 aliphatic rings. The summed E-state index contributed by atoms with van der Waals surface area (Å²) in [6.07, 6.45) is 4.19. The molecule has 0 saturated carbocycles. The molecular formula is C22H39IN4O2. The number of carbonyl (C=O) groups excluding carboxylic acids is 1. The second-order valence-corrected chi connectivity index (χ2v) is 7.50. The number of aliphatic imine (C=N–C) groups is 1. The van der Waals surface area contributed by atoms with Crippen LogP contribution in [0.15, 0.2) is 29.3 Å². The molecule has 7 heteroatoms. The van der Waals surface area contributed by atoms with Crippen molar-refractivity contribution < 1.29 is 9.90 Å². The van der Waals surface area contributed by atoms with Crippen LogP contribution >= 0.6 is 24.0 Å². The number of aliphatic hydroxyl groups is 1. The number of amides is 1. The number of hydrogen-bond acceptors (Lipinski definition) is 3. The van der Waals surface area contributed by atoms with Gasteiger partial charge in [0.1, 0.15) is 0 Å². The Kier molecular flexibility index (Phi) is 13.9. The molecule has 0 radical (unpaired) electrons. The minimum absolute atomic E-state index is 0. The summed E-state index contributed by atoms with van der Waals surface area (Å²) in [4.78, 5) is 18.3. The lowest BCUT2D eigenvalue weighted by atomic mass is 9.93. The molecule has 6 nitrogen and oxygen atoms in total. The Bertz CT molecular complexity index is 629. The zero-order chi connectivity index (χ0) is 21.0. The number of guanidine groups is 1. The predicted molar refractivity (Wildman–Crippen MR) is 132 cm³/mol. The topological polar surface area (TPSA) is 77.0 Å². The quantitative estimate of drug-likeness (QED) is 0.238. The first kappa shape index (κ1) is 27.6. The number of rotatable bonds is 11. The molecule has 0 aliphatic carbocycles. The van der Waals surface area contributed by atoms with Crippen molar-refractivity contribution >= 4 is 35.8 Å². The molecule has 29 heavy (non-hydrogen) atoms. The van der Waals surface area contributed by atoms with Crippen LogP contribution in [0, 0.1) is 0 Å². The largest absolute Gasteiger partial charge is 0.388 e. The van der Waals surface area contributed by atoms with Crippen molar-refractivity contribution in [3.8, 4) is 0 Å². The fraction of sp³-hybridized carbons (Fsp3) is 0.636. The van der Waals surface area contributed by atoms with Gasteiger partial charge in [0.05, 0.1) is 12.1 Å². The summed E-state index contributed by atoms with van der Waals surface area (Å²) in [5.74, 6) is 0.726. The Balaban J connectivity index is 0.00000784. The van der Waals surface area contributed by atoms with Crippen molar-refractivity contribution in [3.05, 3.63) is 35.4 Å². The molecule has 3 N–H and O–H groups in total. The molecule has 0 aromatic heterocycles. The first-order valence-electron chi connectivity index (χ1n) is 10.4. The van der Waals surface area contributed by atoms with E-state index >= 15 is 0 Å². The Hall–Kier alpha value is -1.35. The fourth-order valence-electron chi connectivity index (χ4n) is 3.23. The SMILES string of the molecule is CCCC(O)(CCC)CN=C(NCC)NCCc1cccc(C(=O)N(C)C)c1.I. The maximum atomic E-state index is 12.1. The van der Waals surface area contributed by atoms with Gasteiger partial charge in [0, 0.05) is 32.7 Å². The van der Waals surface area contributed by atoms with Gasteiger partial charge in [-0.3, -0.25) is 9.79 Å². The highest BCUT2D eigenvalue weighted by molar-refractivity contribution is 14.0. The van der Waals surface area contributed by atoms with Crippen LogP contribution in [0.1, 0.15) is 62.4 Å². The summed E-state index contributed by atoms with van der Waals surface area (Å²) in [5.41, 5.74) is 1.07. The Morgan fingerprint density at radius 3 is 2.34 bits per heavy atom. The Morgan fingerprint density at radius 2 is 1.79 bits per heavy atom. The van der Waals surface area contributed by atoms with Crippen LogP contribution in [0.2, 0.25) is 0 Å². The van der Waals surface area contributed by atoms with E-state index in [1.54, 1.807) is 19.0 Å². The monoisotopic (exact) mass is 518 g/mol. The molecule has 0 aliphatic heterocycles. The van der Waals surface area contributed by atoms with E-state index in [-0.39, 0.29) is 29.9 Å². The number of nitrogens with zero attached hydrogens (tertiary/aromatic N) is 2. The van der Waals surface area contributed by atoms with Crippen molar-refractivity contribution in [3.63, 3.8) is 0 Å². The summed E-state index contributed by atoms with van der Waals surface area (Å²) in [6.45, 7) is 8.06. The summed E-state index contributed by atoms with van der Waals surface area (Å²) in [6, 6.07) is 7.73. The Morgan fingerprint density at radius 1 is 1.14 bits per heavy atom. The van der Waals surface area contributed by atoms with Gasteiger partial charge in [-0.25, -0.2) is 0 Å². The lowest BCUT2D eigenvalue weighted by Crippen LogP contribution is -2.40. The van der Waals surface area contributed by atoms with E-state index in [0.717, 1.165) is 44.2 Å². The number of carbonyl (C=O) groups is 1. The summed E-state index contributed by atoms with van der Waals surface area (Å²) in [7, 11) is 3.52. The smallest absolute Gasteiger partial charge is 0.253 e. The van der Waals surface area contributed by atoms with Crippen LogP contribution in [0.3, 0.4) is 0 Å². The lowest BCUT2D eigenvalue weighted by Gasteiger charge is -2.26. The van der Waals surface area contributed by atoms with Gasteiger partial charge in [-0.15, -0.1) is 24.0 Å². The molecule has 1 aromatic rings. The third kappa shape index (κ3) is 10.3. The van der Waals surface area contributed by atoms with Crippen LogP contribution < -0.4 is 10.6 Å². The van der Waals surface area contributed by atoms with Crippen LogP contribution in [-0.4, -0.2) is 61.2 Å². The van der Waals surface area contributed by atoms with Gasteiger partial charge in [0.15, 0.2) is 5.96 Å². The highest BCUT2D eigenvalue weighted by Crippen LogP contribution is 2.19. The normalized spacial score (nSPS) is 11.6. The molecule has 0 fully saturated rings. The molecular weight excluding hydrogens is 479 g/mol. The van der Waals surface area contributed by atoms with E-state index in [1.165, 1.54) is 0 Å². The highest BCUT2D eigenvalue weighted by Gasteiger charge is 2.24. The first-order valence-corrected chi connectivity index (χ1v) is 10.4. The van der Waals surface area contributed by atoms with Crippen molar-refractivity contribution in [2.75, 3.05) is 33.7 Å². The first-order chi connectivity index (χ1) is 13.3. The Labute approximate surface area is 193 Å². The van der Waals surface area contributed by atoms with Crippen molar-refractivity contribution in [2.45, 2.75) is 58.5 Å². The van der Waals surface area contributed by atoms with Crippen LogP contribution in [-0.2, 0) is 6.42 Å². The van der Waals surface area contributed by atoms with Crippen molar-refractivity contribution in [1.29, 1.82) is 0 Å². The third-order valence-electron chi connectivity index (χ3n) is 4.59. The number of benzene rings is 1. The molecule has 0 bridgehead atoms. The minimum atomic E-state index is -0.729. The maximum Gasteiger partial charge on any atom is 0.253 e. The second-order valence-electron chi connectivity index (χ2n) is 7.50. The third-order valence-corrected chi connectivity index (χ3v) is 4.59. The fourth-order valence-corrected chi connectivity index (χ4v) is 3.23. The van der Waals surface area contributed by atoms with Gasteiger partial charge in [-0.05, 0) is 43.9 Å². The standard InChI is InChI=1S/C22H38N4O2.HI/c1-6-13-22(28,14-7-2)17-25-21(23-8-3)24-15-12-18-10-9-11-19(16-18)20(27)26(4)5;/h9-11,16,28H,6-8,12-15,17H2,1-5H3,(H2,23,24,25);1H. The second kappa shape index (κ2) is 14.6. The number of hydrogen-bond donors (Lipinski definition) is 3. The van der Waals surface area contributed by atoms with E-state index in [2.05, 4.69) is 29.5 Å². The molecule has 0 spiro atoms. The molecule has 0 heterocycles. The van der Waals surface area contributed by atoms with Gasteiger partial charge in [0.25, 0.3) is 5.91 Å².